The Morgan fingerprint density at radius 2 is 1.95 bits per heavy atom. The van der Waals surface area contributed by atoms with E-state index in [1.165, 1.54) is 12.1 Å². The number of fused-ring (bicyclic) bond motifs is 1. The summed E-state index contributed by atoms with van der Waals surface area (Å²) < 4.78 is 0. The predicted octanol–water partition coefficient (Wildman–Crippen LogP) is 2.93. The minimum atomic E-state index is -0.542. The molecule has 1 aromatic rings. The molecule has 22 heavy (non-hydrogen) atoms. The molecule has 2 amide bonds. The number of rotatable bonds is 2. The monoisotopic (exact) mass is 320 g/mol. The zero-order chi connectivity index (χ0) is 16.0. The number of carbonyl (C=O) groups is 2. The molecule has 0 N–H and O–H groups in total. The van der Waals surface area contributed by atoms with Crippen molar-refractivity contribution in [3.05, 3.63) is 45.0 Å². The van der Waals surface area contributed by atoms with Crippen LogP contribution in [0.1, 0.15) is 18.4 Å². The van der Waals surface area contributed by atoms with E-state index in [1.807, 2.05) is 0 Å². The third kappa shape index (κ3) is 2.20. The van der Waals surface area contributed by atoms with E-state index in [9.17, 15) is 19.7 Å². The summed E-state index contributed by atoms with van der Waals surface area (Å²) in [6.45, 7) is 1.72. The minimum Gasteiger partial charge on any atom is -0.274 e. The summed E-state index contributed by atoms with van der Waals surface area (Å²) in [5.74, 6) is -1.53. The summed E-state index contributed by atoms with van der Waals surface area (Å²) in [5.41, 5.74) is 0.784. The number of halogens is 1. The van der Waals surface area contributed by atoms with Crippen LogP contribution >= 0.6 is 11.6 Å². The molecule has 2 aliphatic rings. The van der Waals surface area contributed by atoms with Crippen molar-refractivity contribution in [1.29, 1.82) is 0 Å². The van der Waals surface area contributed by atoms with E-state index in [4.69, 9.17) is 11.6 Å². The number of benzene rings is 1. The van der Waals surface area contributed by atoms with E-state index < -0.39 is 16.8 Å². The first kappa shape index (κ1) is 14.7. The molecule has 1 aromatic carbocycles. The van der Waals surface area contributed by atoms with Crippen LogP contribution in [0.15, 0.2) is 29.3 Å². The van der Waals surface area contributed by atoms with Crippen LogP contribution in [0.25, 0.3) is 0 Å². The molecule has 1 saturated heterocycles. The Balaban J connectivity index is 2.03. The van der Waals surface area contributed by atoms with Gasteiger partial charge < -0.3 is 0 Å². The van der Waals surface area contributed by atoms with Gasteiger partial charge in [0.25, 0.3) is 5.69 Å². The number of nitro groups is 1. The lowest BCUT2D eigenvalue weighted by atomic mass is 9.85. The molecule has 0 unspecified atom stereocenters. The van der Waals surface area contributed by atoms with Crippen molar-refractivity contribution in [3.63, 3.8) is 0 Å². The maximum absolute atomic E-state index is 12.6. The second-order valence-electron chi connectivity index (χ2n) is 5.54. The van der Waals surface area contributed by atoms with Gasteiger partial charge in [-0.1, -0.05) is 23.7 Å². The Morgan fingerprint density at radius 3 is 2.64 bits per heavy atom. The van der Waals surface area contributed by atoms with Gasteiger partial charge in [-0.25, -0.2) is 4.90 Å². The number of amides is 2. The van der Waals surface area contributed by atoms with E-state index in [0.29, 0.717) is 23.4 Å². The van der Waals surface area contributed by atoms with E-state index in [0.717, 1.165) is 4.90 Å². The van der Waals surface area contributed by atoms with Crippen LogP contribution < -0.4 is 4.90 Å². The normalized spacial score (nSPS) is 24.3. The number of imide groups is 1. The number of hydrogen-bond donors (Lipinski definition) is 0. The molecule has 1 aliphatic carbocycles. The van der Waals surface area contributed by atoms with Gasteiger partial charge >= 0.3 is 0 Å². The SMILES string of the molecule is Cc1ccc([N+](=O)[O-])cc1N1C(=O)[C@H]2CC=C(Cl)C[C@H]2C1=O. The quantitative estimate of drug-likeness (QED) is 0.476. The minimum absolute atomic E-state index is 0.146. The number of anilines is 1. The molecule has 0 spiro atoms. The zero-order valence-electron chi connectivity index (χ0n) is 11.8. The fourth-order valence-corrected chi connectivity index (χ4v) is 3.27. The lowest BCUT2D eigenvalue weighted by Crippen LogP contribution is -2.31. The lowest BCUT2D eigenvalue weighted by molar-refractivity contribution is -0.384. The van der Waals surface area contributed by atoms with E-state index in [1.54, 1.807) is 19.1 Å². The molecule has 0 radical (unpaired) electrons. The van der Waals surface area contributed by atoms with Crippen LogP contribution in [0.2, 0.25) is 0 Å². The van der Waals surface area contributed by atoms with E-state index in [-0.39, 0.29) is 23.2 Å². The average Bonchev–Trinajstić information content (AvgIpc) is 2.71. The highest BCUT2D eigenvalue weighted by Gasteiger charge is 2.49. The predicted molar refractivity (Wildman–Crippen MR) is 80.5 cm³/mol. The number of nitrogens with zero attached hydrogens (tertiary/aromatic N) is 2. The topological polar surface area (TPSA) is 80.5 Å². The Kier molecular flexibility index (Phi) is 3.48. The third-order valence-corrected chi connectivity index (χ3v) is 4.52. The maximum atomic E-state index is 12.6. The number of non-ortho nitro benzene ring substituents is 1. The number of nitro benzene ring substituents is 1. The number of aryl methyl sites for hydroxylation is 1. The molecule has 1 heterocycles. The standard InChI is InChI=1S/C15H13ClN2O4/c1-8-2-4-10(18(21)22)7-13(8)17-14(19)11-5-3-9(16)6-12(11)15(17)20/h2-4,7,11-12H,5-6H2,1H3/t11-,12+/m0/s1. The number of hydrogen-bond acceptors (Lipinski definition) is 4. The number of allylic oxidation sites excluding steroid dienone is 2. The molecule has 6 nitrogen and oxygen atoms in total. The Morgan fingerprint density at radius 1 is 1.27 bits per heavy atom. The van der Waals surface area contributed by atoms with Crippen molar-refractivity contribution < 1.29 is 14.5 Å². The van der Waals surface area contributed by atoms with Gasteiger partial charge in [0.2, 0.25) is 11.8 Å². The van der Waals surface area contributed by atoms with Crippen LogP contribution in [-0.2, 0) is 9.59 Å². The molecule has 1 aliphatic heterocycles. The molecule has 0 bridgehead atoms. The summed E-state index contributed by atoms with van der Waals surface area (Å²) in [7, 11) is 0. The van der Waals surface area contributed by atoms with Crippen molar-refractivity contribution >= 4 is 34.8 Å². The molecular weight excluding hydrogens is 308 g/mol. The van der Waals surface area contributed by atoms with E-state index in [2.05, 4.69) is 0 Å². The second kappa shape index (κ2) is 5.21. The molecule has 0 saturated carbocycles. The molecule has 114 valence electrons. The van der Waals surface area contributed by atoms with Crippen molar-refractivity contribution in [2.24, 2.45) is 11.8 Å². The smallest absolute Gasteiger partial charge is 0.271 e. The van der Waals surface area contributed by atoms with Gasteiger partial charge in [0.1, 0.15) is 0 Å². The van der Waals surface area contributed by atoms with Crippen LogP contribution in [-0.4, -0.2) is 16.7 Å². The van der Waals surface area contributed by atoms with Gasteiger partial charge in [-0.15, -0.1) is 0 Å². The summed E-state index contributed by atoms with van der Waals surface area (Å²) in [6.07, 6.45) is 2.54. The molecule has 0 aromatic heterocycles. The summed E-state index contributed by atoms with van der Waals surface area (Å²) in [6, 6.07) is 4.17. The number of carbonyl (C=O) groups excluding carboxylic acids is 2. The van der Waals surface area contributed by atoms with Gasteiger partial charge in [-0.05, 0) is 25.3 Å². The first-order valence-electron chi connectivity index (χ1n) is 6.87. The summed E-state index contributed by atoms with van der Waals surface area (Å²) >= 11 is 5.98. The summed E-state index contributed by atoms with van der Waals surface area (Å²) in [5, 5.41) is 11.5. The summed E-state index contributed by atoms with van der Waals surface area (Å²) in [4.78, 5) is 36.6. The fourth-order valence-electron chi connectivity index (χ4n) is 3.02. The van der Waals surface area contributed by atoms with Crippen molar-refractivity contribution in [2.45, 2.75) is 19.8 Å². The van der Waals surface area contributed by atoms with Gasteiger partial charge in [0.15, 0.2) is 0 Å². The maximum Gasteiger partial charge on any atom is 0.271 e. The zero-order valence-corrected chi connectivity index (χ0v) is 12.5. The highest BCUT2D eigenvalue weighted by Crippen LogP contribution is 2.42. The van der Waals surface area contributed by atoms with Crippen LogP contribution in [0.5, 0.6) is 0 Å². The van der Waals surface area contributed by atoms with Crippen LogP contribution in [0.3, 0.4) is 0 Å². The Hall–Kier alpha value is -2.21. The van der Waals surface area contributed by atoms with Crippen molar-refractivity contribution in [2.75, 3.05) is 4.90 Å². The fraction of sp³-hybridized carbons (Fsp3) is 0.333. The highest BCUT2D eigenvalue weighted by atomic mass is 35.5. The average molecular weight is 321 g/mol. The third-order valence-electron chi connectivity index (χ3n) is 4.21. The Labute approximate surface area is 131 Å². The second-order valence-corrected chi connectivity index (χ2v) is 6.03. The Bertz CT molecular complexity index is 728. The molecule has 1 fully saturated rings. The first-order valence-corrected chi connectivity index (χ1v) is 7.25. The van der Waals surface area contributed by atoms with Crippen molar-refractivity contribution in [1.82, 2.24) is 0 Å². The van der Waals surface area contributed by atoms with Gasteiger partial charge in [0.05, 0.1) is 22.4 Å². The molecule has 7 heteroatoms. The van der Waals surface area contributed by atoms with E-state index >= 15 is 0 Å². The molecule has 3 rings (SSSR count). The highest BCUT2D eigenvalue weighted by molar-refractivity contribution is 6.30. The van der Waals surface area contributed by atoms with Gasteiger partial charge in [-0.3, -0.25) is 19.7 Å². The van der Waals surface area contributed by atoms with Crippen LogP contribution in [0, 0.1) is 28.9 Å². The van der Waals surface area contributed by atoms with Gasteiger partial charge in [0, 0.05) is 17.2 Å². The lowest BCUT2D eigenvalue weighted by Gasteiger charge is -2.17. The molecular formula is C15H13ClN2O4. The molecule has 2 atom stereocenters. The largest absolute Gasteiger partial charge is 0.274 e. The van der Waals surface area contributed by atoms with Crippen molar-refractivity contribution in [3.8, 4) is 0 Å². The van der Waals surface area contributed by atoms with Gasteiger partial charge in [-0.2, -0.15) is 0 Å². The first-order chi connectivity index (χ1) is 10.4. The van der Waals surface area contributed by atoms with Crippen LogP contribution in [0.4, 0.5) is 11.4 Å².